The average Bonchev–Trinajstić information content (AvgIpc) is 2.54. The maximum atomic E-state index is 6.65. The lowest BCUT2D eigenvalue weighted by Crippen LogP contribution is -3.00. The lowest BCUT2D eigenvalue weighted by molar-refractivity contribution is -0.672. The van der Waals surface area contributed by atoms with Gasteiger partial charge in [-0.1, -0.05) is 24.5 Å². The van der Waals surface area contributed by atoms with Crippen molar-refractivity contribution in [3.05, 3.63) is 41.7 Å². The zero-order valence-electron chi connectivity index (χ0n) is 13.4. The first-order valence-electron chi connectivity index (χ1n) is 8.63. The molecule has 0 bridgehead atoms. The number of rotatable bonds is 1. The fraction of sp³-hybridized carbons (Fsp3) is 0.632. The van der Waals surface area contributed by atoms with Crippen molar-refractivity contribution in [3.8, 4) is 0 Å². The summed E-state index contributed by atoms with van der Waals surface area (Å²) in [4.78, 5) is 0. The lowest BCUT2D eigenvalue weighted by atomic mass is 9.68. The lowest BCUT2D eigenvalue weighted by Gasteiger charge is -2.47. The Labute approximate surface area is 151 Å². The number of allylic oxidation sites excluding steroid dienone is 1. The van der Waals surface area contributed by atoms with E-state index in [0.29, 0.717) is 12.0 Å². The van der Waals surface area contributed by atoms with Crippen molar-refractivity contribution in [1.82, 2.24) is 0 Å². The van der Waals surface area contributed by atoms with Gasteiger partial charge in [-0.3, -0.25) is 0 Å². The third-order valence-corrected chi connectivity index (χ3v) is 5.64. The second-order valence-corrected chi connectivity index (χ2v) is 7.03. The Morgan fingerprint density at radius 3 is 2.77 bits per heavy atom. The highest BCUT2D eigenvalue weighted by atomic mass is 127. The van der Waals surface area contributed by atoms with Gasteiger partial charge in [-0.2, -0.15) is 0 Å². The first kappa shape index (κ1) is 16.4. The molecule has 1 aliphatic heterocycles. The molecule has 4 unspecified atom stereocenters. The monoisotopic (exact) mass is 411 g/mol. The van der Waals surface area contributed by atoms with Crippen LogP contribution in [0.15, 0.2) is 36.2 Å². The predicted molar refractivity (Wildman–Crippen MR) is 82.6 cm³/mol. The molecule has 2 nitrogen and oxygen atoms in total. The summed E-state index contributed by atoms with van der Waals surface area (Å²) >= 11 is 0. The van der Waals surface area contributed by atoms with Crippen LogP contribution in [0, 0.1) is 11.8 Å². The quantitative estimate of drug-likeness (QED) is 0.380. The Kier molecular flexibility index (Phi) is 5.23. The standard InChI is InChI=1S/C19H26NO.HI/c1-20-12-6-7-14(13-20)19-17-10-3-2-8-15(17)16-9-4-5-11-18(16)21-19;/h6-8,12-13,16-19H,2-5,9-11H2,1H3;1H/q+1;/p-1. The number of hydrogen-bond acceptors (Lipinski definition) is 1. The molecule has 1 aromatic heterocycles. The molecule has 2 fully saturated rings. The number of ether oxygens (including phenoxy) is 1. The largest absolute Gasteiger partial charge is 1.00 e. The van der Waals surface area contributed by atoms with Gasteiger partial charge in [0.25, 0.3) is 0 Å². The maximum Gasteiger partial charge on any atom is 0.174 e. The summed E-state index contributed by atoms with van der Waals surface area (Å²) in [5.74, 6) is 1.35. The van der Waals surface area contributed by atoms with Crippen molar-refractivity contribution in [1.29, 1.82) is 0 Å². The molecule has 0 radical (unpaired) electrons. The van der Waals surface area contributed by atoms with Crippen LogP contribution in [-0.4, -0.2) is 6.10 Å². The van der Waals surface area contributed by atoms with Gasteiger partial charge in [-0.15, -0.1) is 0 Å². The molecule has 0 spiro atoms. The zero-order valence-corrected chi connectivity index (χ0v) is 15.5. The summed E-state index contributed by atoms with van der Waals surface area (Å²) in [5.41, 5.74) is 3.11. The molecule has 3 heteroatoms. The van der Waals surface area contributed by atoms with E-state index in [0.717, 1.165) is 5.92 Å². The highest BCUT2D eigenvalue weighted by Crippen LogP contribution is 2.50. The van der Waals surface area contributed by atoms with Crippen LogP contribution in [0.5, 0.6) is 0 Å². The Morgan fingerprint density at radius 2 is 1.91 bits per heavy atom. The Hall–Kier alpha value is -0.420. The topological polar surface area (TPSA) is 13.1 Å². The van der Waals surface area contributed by atoms with E-state index in [1.165, 1.54) is 50.5 Å². The van der Waals surface area contributed by atoms with Gasteiger partial charge in [0.05, 0.1) is 12.2 Å². The van der Waals surface area contributed by atoms with Gasteiger partial charge < -0.3 is 28.7 Å². The first-order valence-corrected chi connectivity index (χ1v) is 8.63. The van der Waals surface area contributed by atoms with Crippen LogP contribution in [0.25, 0.3) is 0 Å². The molecule has 1 aromatic rings. The first-order chi connectivity index (χ1) is 10.3. The molecule has 2 aliphatic carbocycles. The number of aromatic nitrogens is 1. The van der Waals surface area contributed by atoms with Crippen LogP contribution in [-0.2, 0) is 11.8 Å². The van der Waals surface area contributed by atoms with Gasteiger partial charge >= 0.3 is 0 Å². The van der Waals surface area contributed by atoms with Crippen molar-refractivity contribution in [2.24, 2.45) is 18.9 Å². The zero-order chi connectivity index (χ0) is 14.2. The van der Waals surface area contributed by atoms with Crippen molar-refractivity contribution >= 4 is 0 Å². The van der Waals surface area contributed by atoms with Crippen LogP contribution in [0.3, 0.4) is 0 Å². The Bertz CT molecular complexity index is 556. The van der Waals surface area contributed by atoms with Crippen LogP contribution in [0.1, 0.15) is 56.6 Å². The van der Waals surface area contributed by atoms with Crippen molar-refractivity contribution in [2.75, 3.05) is 0 Å². The van der Waals surface area contributed by atoms with Crippen LogP contribution in [0.2, 0.25) is 0 Å². The van der Waals surface area contributed by atoms with E-state index in [2.05, 4.69) is 42.2 Å². The summed E-state index contributed by atoms with van der Waals surface area (Å²) in [6.07, 6.45) is 16.9. The van der Waals surface area contributed by atoms with Crippen LogP contribution in [0.4, 0.5) is 0 Å². The number of aryl methyl sites for hydroxylation is 1. The van der Waals surface area contributed by atoms with Gasteiger partial charge in [-0.05, 0) is 38.2 Å². The second-order valence-electron chi connectivity index (χ2n) is 7.03. The molecule has 4 atom stereocenters. The molecule has 0 amide bonds. The number of hydrogen-bond donors (Lipinski definition) is 0. The van der Waals surface area contributed by atoms with E-state index < -0.39 is 0 Å². The van der Waals surface area contributed by atoms with E-state index in [1.54, 1.807) is 5.57 Å². The fourth-order valence-electron chi connectivity index (χ4n) is 4.69. The smallest absolute Gasteiger partial charge is 0.174 e. The van der Waals surface area contributed by atoms with E-state index in [-0.39, 0.29) is 30.1 Å². The van der Waals surface area contributed by atoms with Gasteiger partial charge in [0.1, 0.15) is 7.05 Å². The summed E-state index contributed by atoms with van der Waals surface area (Å²) in [6, 6.07) is 4.40. The summed E-state index contributed by atoms with van der Waals surface area (Å²) in [7, 11) is 2.10. The summed E-state index contributed by atoms with van der Waals surface area (Å²) in [6.45, 7) is 0. The average molecular weight is 411 g/mol. The molecule has 0 N–H and O–H groups in total. The number of pyridine rings is 1. The number of nitrogens with zero attached hydrogens (tertiary/aromatic N) is 1. The number of halogens is 1. The molecule has 4 rings (SSSR count). The van der Waals surface area contributed by atoms with E-state index in [4.69, 9.17) is 4.74 Å². The van der Waals surface area contributed by atoms with Crippen molar-refractivity contribution < 1.29 is 33.3 Å². The molecule has 120 valence electrons. The number of fused-ring (bicyclic) bond motifs is 3. The normalized spacial score (nSPS) is 34.0. The molecular weight excluding hydrogens is 385 g/mol. The SMILES string of the molecule is C[n+]1cccc(C2OC3CCCCC3C3=CCCCC32)c1.[I-]. The highest BCUT2D eigenvalue weighted by Gasteiger charge is 2.43. The minimum Gasteiger partial charge on any atom is -1.00 e. The van der Waals surface area contributed by atoms with E-state index in [9.17, 15) is 0 Å². The summed E-state index contributed by atoms with van der Waals surface area (Å²) in [5, 5.41) is 0. The Morgan fingerprint density at radius 1 is 1.09 bits per heavy atom. The van der Waals surface area contributed by atoms with Gasteiger partial charge in [-0.25, -0.2) is 4.57 Å². The third kappa shape index (κ3) is 2.99. The second kappa shape index (κ2) is 7.00. The highest BCUT2D eigenvalue weighted by molar-refractivity contribution is 5.25. The molecule has 22 heavy (non-hydrogen) atoms. The van der Waals surface area contributed by atoms with Crippen molar-refractivity contribution in [3.63, 3.8) is 0 Å². The Balaban J connectivity index is 0.00000144. The molecule has 1 saturated carbocycles. The molecule has 0 aromatic carbocycles. The van der Waals surface area contributed by atoms with Gasteiger partial charge in [0.15, 0.2) is 12.4 Å². The van der Waals surface area contributed by atoms with Crippen LogP contribution >= 0.6 is 0 Å². The summed E-state index contributed by atoms with van der Waals surface area (Å²) < 4.78 is 8.80. The maximum absolute atomic E-state index is 6.65. The van der Waals surface area contributed by atoms with E-state index >= 15 is 0 Å². The van der Waals surface area contributed by atoms with Gasteiger partial charge in [0.2, 0.25) is 0 Å². The molecule has 2 heterocycles. The van der Waals surface area contributed by atoms with E-state index in [1.807, 2.05) is 0 Å². The third-order valence-electron chi connectivity index (χ3n) is 5.64. The van der Waals surface area contributed by atoms with Gasteiger partial charge in [0, 0.05) is 23.5 Å². The predicted octanol–water partition coefficient (Wildman–Crippen LogP) is 0.872. The molecule has 1 saturated heterocycles. The minimum atomic E-state index is 0. The fourth-order valence-corrected chi connectivity index (χ4v) is 4.69. The molecule has 3 aliphatic rings. The molecular formula is C19H26INO. The minimum absolute atomic E-state index is 0. The van der Waals surface area contributed by atoms with Crippen molar-refractivity contribution in [2.45, 2.75) is 57.2 Å². The van der Waals surface area contributed by atoms with Crippen LogP contribution < -0.4 is 28.5 Å².